The van der Waals surface area contributed by atoms with E-state index >= 15 is 0 Å². The van der Waals surface area contributed by atoms with Gasteiger partial charge in [0.2, 0.25) is 11.8 Å². The first-order valence-electron chi connectivity index (χ1n) is 5.87. The molecule has 8 nitrogen and oxygen atoms in total. The molecule has 2 amide bonds. The van der Waals surface area contributed by atoms with Gasteiger partial charge in [-0.15, -0.1) is 0 Å². The number of aliphatic carboxylic acids is 2. The lowest BCUT2D eigenvalue weighted by atomic mass is 10.2. The van der Waals surface area contributed by atoms with Gasteiger partial charge in [0.25, 0.3) is 0 Å². The Morgan fingerprint density at radius 2 is 1.09 bits per heavy atom. The van der Waals surface area contributed by atoms with Crippen molar-refractivity contribution in [3.8, 4) is 0 Å². The highest BCUT2D eigenvalue weighted by Crippen LogP contribution is 2.20. The molecule has 0 heterocycles. The van der Waals surface area contributed by atoms with Crippen LogP contribution in [-0.4, -0.2) is 23.8 Å². The van der Waals surface area contributed by atoms with Gasteiger partial charge in [0.1, 0.15) is 0 Å². The van der Waals surface area contributed by atoms with E-state index in [9.17, 15) is 29.4 Å². The number of hydrogen-bond donors (Lipinski definition) is 2. The largest absolute Gasteiger partial charge is 0.545 e. The molecule has 114 valence electrons. The van der Waals surface area contributed by atoms with Crippen LogP contribution in [0.25, 0.3) is 0 Å². The normalized spacial score (nSPS) is 10.5. The van der Waals surface area contributed by atoms with Crippen LogP contribution in [0.15, 0.2) is 48.6 Å². The fourth-order valence-corrected chi connectivity index (χ4v) is 1.34. The van der Waals surface area contributed by atoms with Crippen LogP contribution in [0.3, 0.4) is 0 Å². The number of hydrogen-bond acceptors (Lipinski definition) is 6. The first kappa shape index (κ1) is 16.6. The van der Waals surface area contributed by atoms with E-state index in [4.69, 9.17) is 0 Å². The predicted octanol–water partition coefficient (Wildman–Crippen LogP) is -1.82. The molecule has 1 aromatic carbocycles. The van der Waals surface area contributed by atoms with Gasteiger partial charge in [0.05, 0.1) is 23.3 Å². The van der Waals surface area contributed by atoms with Crippen LogP contribution >= 0.6 is 0 Å². The van der Waals surface area contributed by atoms with E-state index in [1.165, 1.54) is 12.1 Å². The number of anilines is 2. The van der Waals surface area contributed by atoms with Crippen LogP contribution in [0.1, 0.15) is 0 Å². The number of rotatable bonds is 6. The van der Waals surface area contributed by atoms with Crippen LogP contribution in [0.2, 0.25) is 0 Å². The van der Waals surface area contributed by atoms with E-state index in [0.717, 1.165) is 12.2 Å². The van der Waals surface area contributed by atoms with E-state index in [2.05, 4.69) is 10.6 Å². The molecule has 0 fully saturated rings. The van der Waals surface area contributed by atoms with Gasteiger partial charge in [0.15, 0.2) is 0 Å². The molecule has 0 radical (unpaired) electrons. The lowest BCUT2D eigenvalue weighted by Crippen LogP contribution is -2.20. The highest BCUT2D eigenvalue weighted by atomic mass is 16.4. The van der Waals surface area contributed by atoms with Gasteiger partial charge >= 0.3 is 0 Å². The molecule has 0 saturated carbocycles. The zero-order valence-electron chi connectivity index (χ0n) is 11.1. The molecule has 0 saturated heterocycles. The smallest absolute Gasteiger partial charge is 0.248 e. The Balaban J connectivity index is 2.81. The Labute approximate surface area is 124 Å². The number of carboxylic acids is 2. The van der Waals surface area contributed by atoms with Crippen molar-refractivity contribution in [2.45, 2.75) is 0 Å². The van der Waals surface area contributed by atoms with E-state index in [1.54, 1.807) is 12.1 Å². The van der Waals surface area contributed by atoms with Crippen molar-refractivity contribution in [3.05, 3.63) is 48.6 Å². The molecule has 0 bridgehead atoms. The number of carbonyl (C=O) groups is 4. The van der Waals surface area contributed by atoms with E-state index in [1.807, 2.05) is 0 Å². The van der Waals surface area contributed by atoms with Gasteiger partial charge in [-0.2, -0.15) is 0 Å². The molecule has 2 N–H and O–H groups in total. The molecule has 0 atom stereocenters. The zero-order valence-corrected chi connectivity index (χ0v) is 11.1. The fourth-order valence-electron chi connectivity index (χ4n) is 1.34. The number of carbonyl (C=O) groups excluding carboxylic acids is 4. The number of nitrogens with one attached hydrogen (secondary N) is 2. The van der Waals surface area contributed by atoms with Crippen LogP contribution in [0.4, 0.5) is 11.4 Å². The highest BCUT2D eigenvalue weighted by Gasteiger charge is 2.06. The van der Waals surface area contributed by atoms with Gasteiger partial charge < -0.3 is 30.4 Å². The number of carboxylic acid groups (broad SMARTS) is 2. The van der Waals surface area contributed by atoms with Crippen molar-refractivity contribution in [3.63, 3.8) is 0 Å². The second-order valence-electron chi connectivity index (χ2n) is 3.83. The minimum Gasteiger partial charge on any atom is -0.545 e. The lowest BCUT2D eigenvalue weighted by molar-refractivity contribution is -0.298. The lowest BCUT2D eigenvalue weighted by Gasteiger charge is -2.10. The van der Waals surface area contributed by atoms with Crippen molar-refractivity contribution < 1.29 is 29.4 Å². The first-order valence-corrected chi connectivity index (χ1v) is 5.87. The quantitative estimate of drug-likeness (QED) is 0.593. The highest BCUT2D eigenvalue weighted by molar-refractivity contribution is 6.07. The van der Waals surface area contributed by atoms with Gasteiger partial charge in [-0.1, -0.05) is 12.1 Å². The Morgan fingerprint density at radius 3 is 1.41 bits per heavy atom. The van der Waals surface area contributed by atoms with Gasteiger partial charge in [-0.25, -0.2) is 0 Å². The summed E-state index contributed by atoms with van der Waals surface area (Å²) in [4.78, 5) is 43.3. The van der Waals surface area contributed by atoms with Gasteiger partial charge in [-0.05, 0) is 24.3 Å². The Bertz CT molecular complexity index is 606. The summed E-state index contributed by atoms with van der Waals surface area (Å²) in [6.45, 7) is 0. The second-order valence-corrected chi connectivity index (χ2v) is 3.83. The molecular formula is C14H10N2O6-2. The zero-order chi connectivity index (χ0) is 16.5. The monoisotopic (exact) mass is 302 g/mol. The Morgan fingerprint density at radius 1 is 0.727 bits per heavy atom. The molecule has 0 aliphatic rings. The Hall–Kier alpha value is -3.42. The molecule has 0 aromatic heterocycles. The number of para-hydroxylation sites is 2. The summed E-state index contributed by atoms with van der Waals surface area (Å²) in [7, 11) is 0. The van der Waals surface area contributed by atoms with Crippen molar-refractivity contribution in [2.75, 3.05) is 10.6 Å². The van der Waals surface area contributed by atoms with Crippen molar-refractivity contribution in [1.29, 1.82) is 0 Å². The SMILES string of the molecule is O=C([O-])/C=C/C(=O)Nc1ccccc1NC(=O)/C=C/C(=O)[O-]. The average Bonchev–Trinajstić information content (AvgIpc) is 2.45. The molecule has 0 aliphatic heterocycles. The molecule has 0 spiro atoms. The Kier molecular flexibility index (Phi) is 6.05. The maximum absolute atomic E-state index is 11.5. The summed E-state index contributed by atoms with van der Waals surface area (Å²) in [5, 5.41) is 25.1. The van der Waals surface area contributed by atoms with Crippen LogP contribution in [0.5, 0.6) is 0 Å². The van der Waals surface area contributed by atoms with Crippen LogP contribution in [-0.2, 0) is 19.2 Å². The second kappa shape index (κ2) is 8.00. The standard InChI is InChI=1S/C14H12N2O6/c17-11(5-7-13(19)20)15-9-3-1-2-4-10(9)16-12(18)6-8-14(21)22/h1-8H,(H,15,17)(H,16,18)(H,19,20)(H,21,22)/p-2/b7-5+,8-6+. The molecule has 0 unspecified atom stereocenters. The summed E-state index contributed by atoms with van der Waals surface area (Å²) < 4.78 is 0. The molecule has 22 heavy (non-hydrogen) atoms. The summed E-state index contributed by atoms with van der Waals surface area (Å²) in [5.74, 6) is -4.53. The molecule has 1 aromatic rings. The average molecular weight is 302 g/mol. The molecule has 8 heteroatoms. The van der Waals surface area contributed by atoms with Gasteiger partial charge in [0, 0.05) is 12.2 Å². The van der Waals surface area contributed by atoms with Crippen LogP contribution in [0, 0.1) is 0 Å². The third kappa shape index (κ3) is 6.15. The minimum absolute atomic E-state index is 0.200. The molecular weight excluding hydrogens is 292 g/mol. The predicted molar refractivity (Wildman–Crippen MR) is 72.0 cm³/mol. The van der Waals surface area contributed by atoms with E-state index < -0.39 is 23.8 Å². The van der Waals surface area contributed by atoms with Crippen molar-refractivity contribution in [1.82, 2.24) is 0 Å². The summed E-state index contributed by atoms with van der Waals surface area (Å²) in [5.41, 5.74) is 0.399. The minimum atomic E-state index is -1.52. The summed E-state index contributed by atoms with van der Waals surface area (Å²) in [6, 6.07) is 6.07. The van der Waals surface area contributed by atoms with Crippen molar-refractivity contribution >= 4 is 35.1 Å². The fraction of sp³-hybridized carbons (Fsp3) is 0. The topological polar surface area (TPSA) is 138 Å². The van der Waals surface area contributed by atoms with E-state index in [-0.39, 0.29) is 11.4 Å². The van der Waals surface area contributed by atoms with E-state index in [0.29, 0.717) is 12.2 Å². The van der Waals surface area contributed by atoms with Crippen LogP contribution < -0.4 is 20.8 Å². The maximum atomic E-state index is 11.5. The third-order valence-electron chi connectivity index (χ3n) is 2.18. The third-order valence-corrected chi connectivity index (χ3v) is 2.18. The number of benzene rings is 1. The van der Waals surface area contributed by atoms with Gasteiger partial charge in [-0.3, -0.25) is 9.59 Å². The molecule has 0 aliphatic carbocycles. The van der Waals surface area contributed by atoms with Crippen molar-refractivity contribution in [2.24, 2.45) is 0 Å². The summed E-state index contributed by atoms with van der Waals surface area (Å²) >= 11 is 0. The maximum Gasteiger partial charge on any atom is 0.248 e. The molecule has 1 rings (SSSR count). The summed E-state index contributed by atoms with van der Waals surface area (Å²) in [6.07, 6.45) is 2.62. The first-order chi connectivity index (χ1) is 10.4. The number of amides is 2.